The average Bonchev–Trinajstić information content (AvgIpc) is 2.72. The lowest BCUT2D eigenvalue weighted by molar-refractivity contribution is -0.129. The Morgan fingerprint density at radius 1 is 1.56 bits per heavy atom. The molecule has 8 nitrogen and oxygen atoms in total. The maximum Gasteiger partial charge on any atom is 0.352 e. The van der Waals surface area contributed by atoms with Gasteiger partial charge in [-0.3, -0.25) is 4.79 Å². The van der Waals surface area contributed by atoms with E-state index < -0.39 is 11.9 Å². The molecule has 0 aliphatic carbocycles. The summed E-state index contributed by atoms with van der Waals surface area (Å²) in [6.45, 7) is 0. The van der Waals surface area contributed by atoms with E-state index in [2.05, 4.69) is 15.1 Å². The minimum Gasteiger partial charge on any atom is -0.477 e. The Kier molecular flexibility index (Phi) is 2.94. The number of nitrogens with zero attached hydrogens (tertiary/aromatic N) is 5. The minimum atomic E-state index is -1.22. The first-order valence-corrected chi connectivity index (χ1v) is 4.90. The third-order valence-electron chi connectivity index (χ3n) is 2.26. The van der Waals surface area contributed by atoms with Gasteiger partial charge in [0.1, 0.15) is 0 Å². The fourth-order valence-corrected chi connectivity index (χ4v) is 1.49. The number of carboxylic acid groups (broad SMARTS) is 1. The van der Waals surface area contributed by atoms with E-state index in [4.69, 9.17) is 10.6 Å². The molecule has 0 unspecified atom stereocenters. The van der Waals surface area contributed by atoms with E-state index in [0.29, 0.717) is 11.4 Å². The Morgan fingerprint density at radius 3 is 2.94 bits per heavy atom. The van der Waals surface area contributed by atoms with Crippen LogP contribution in [-0.2, 0) is 9.59 Å². The van der Waals surface area contributed by atoms with E-state index in [1.54, 1.807) is 18.2 Å². The summed E-state index contributed by atoms with van der Waals surface area (Å²) in [5.41, 5.74) is 8.78. The van der Waals surface area contributed by atoms with Crippen LogP contribution >= 0.6 is 0 Å². The van der Waals surface area contributed by atoms with Gasteiger partial charge in [-0.1, -0.05) is 17.2 Å². The number of carbonyl (C=O) groups excluding carboxylic acids is 1. The lowest BCUT2D eigenvalue weighted by Crippen LogP contribution is -2.19. The molecule has 0 fully saturated rings. The van der Waals surface area contributed by atoms with Gasteiger partial charge in [0.05, 0.1) is 12.1 Å². The van der Waals surface area contributed by atoms with Crippen LogP contribution < -0.4 is 5.01 Å². The molecule has 0 aromatic heterocycles. The Morgan fingerprint density at radius 2 is 2.33 bits per heavy atom. The quantitative estimate of drug-likeness (QED) is 0.496. The maximum atomic E-state index is 11.6. The van der Waals surface area contributed by atoms with Crippen LogP contribution in [0.4, 0.5) is 11.4 Å². The highest BCUT2D eigenvalue weighted by atomic mass is 16.4. The number of azide groups is 1. The van der Waals surface area contributed by atoms with Gasteiger partial charge in [-0.2, -0.15) is 10.1 Å². The van der Waals surface area contributed by atoms with Crippen molar-refractivity contribution in [2.24, 2.45) is 10.2 Å². The molecule has 0 spiro atoms. The standard InChI is InChI=1S/C10H7N5O3/c11-14-12-6-2-1-3-7(4-6)15-9(16)5-8(13-15)10(17)18/h1-4H,5H2,(H,17,18). The van der Waals surface area contributed by atoms with E-state index in [9.17, 15) is 9.59 Å². The van der Waals surface area contributed by atoms with Gasteiger partial charge in [0.15, 0.2) is 5.71 Å². The molecular formula is C10H7N5O3. The van der Waals surface area contributed by atoms with Gasteiger partial charge in [0, 0.05) is 10.6 Å². The monoisotopic (exact) mass is 245 g/mol. The van der Waals surface area contributed by atoms with Gasteiger partial charge in [0.25, 0.3) is 5.91 Å². The molecule has 1 aliphatic heterocycles. The predicted octanol–water partition coefficient (Wildman–Crippen LogP) is 1.81. The normalized spacial score (nSPS) is 14.1. The molecule has 8 heteroatoms. The molecule has 1 aromatic carbocycles. The van der Waals surface area contributed by atoms with E-state index >= 15 is 0 Å². The van der Waals surface area contributed by atoms with E-state index in [1.807, 2.05) is 0 Å². The van der Waals surface area contributed by atoms with Crippen molar-refractivity contribution in [1.29, 1.82) is 0 Å². The second-order valence-corrected chi connectivity index (χ2v) is 3.44. The summed E-state index contributed by atoms with van der Waals surface area (Å²) in [6, 6.07) is 6.17. The summed E-state index contributed by atoms with van der Waals surface area (Å²) in [7, 11) is 0. The van der Waals surface area contributed by atoms with Crippen molar-refractivity contribution in [3.05, 3.63) is 34.7 Å². The molecule has 0 saturated carbocycles. The van der Waals surface area contributed by atoms with Crippen LogP contribution in [0, 0.1) is 0 Å². The van der Waals surface area contributed by atoms with Crippen molar-refractivity contribution in [1.82, 2.24) is 0 Å². The van der Waals surface area contributed by atoms with Gasteiger partial charge in [-0.15, -0.1) is 0 Å². The van der Waals surface area contributed by atoms with Gasteiger partial charge in [-0.05, 0) is 17.7 Å². The minimum absolute atomic E-state index is 0.214. The summed E-state index contributed by atoms with van der Waals surface area (Å²) in [5, 5.41) is 16.8. The summed E-state index contributed by atoms with van der Waals surface area (Å²) in [5.74, 6) is -1.66. The third kappa shape index (κ3) is 2.13. The molecule has 1 N–H and O–H groups in total. The zero-order chi connectivity index (χ0) is 13.1. The number of hydrogen-bond acceptors (Lipinski definition) is 4. The van der Waals surface area contributed by atoms with Crippen molar-refractivity contribution >= 4 is 29.0 Å². The average molecular weight is 245 g/mol. The van der Waals surface area contributed by atoms with Gasteiger partial charge in [0.2, 0.25) is 0 Å². The molecule has 0 bridgehead atoms. The predicted molar refractivity (Wildman–Crippen MR) is 62.4 cm³/mol. The van der Waals surface area contributed by atoms with Crippen LogP contribution in [0.15, 0.2) is 34.5 Å². The summed E-state index contributed by atoms with van der Waals surface area (Å²) in [4.78, 5) is 24.9. The molecular weight excluding hydrogens is 238 g/mol. The fraction of sp³-hybridized carbons (Fsp3) is 0.100. The summed E-state index contributed by atoms with van der Waals surface area (Å²) >= 11 is 0. The lowest BCUT2D eigenvalue weighted by Gasteiger charge is -2.11. The summed E-state index contributed by atoms with van der Waals surface area (Å²) in [6.07, 6.45) is -0.249. The molecule has 18 heavy (non-hydrogen) atoms. The van der Waals surface area contributed by atoms with Gasteiger partial charge in [-0.25, -0.2) is 4.79 Å². The SMILES string of the molecule is [N-]=[N+]=Nc1cccc(N2N=C(C(=O)O)CC2=O)c1. The molecule has 0 radical (unpaired) electrons. The fourth-order valence-electron chi connectivity index (χ4n) is 1.49. The Bertz CT molecular complexity index is 603. The Labute approximate surface area is 101 Å². The van der Waals surface area contributed by atoms with Crippen molar-refractivity contribution in [2.45, 2.75) is 6.42 Å². The lowest BCUT2D eigenvalue weighted by atomic mass is 10.2. The largest absolute Gasteiger partial charge is 0.477 e. The van der Waals surface area contributed by atoms with Crippen LogP contribution in [0.25, 0.3) is 10.4 Å². The number of benzene rings is 1. The molecule has 1 aliphatic rings. The van der Waals surface area contributed by atoms with E-state index in [1.165, 1.54) is 6.07 Å². The zero-order valence-corrected chi connectivity index (χ0v) is 9.02. The van der Waals surface area contributed by atoms with Crippen LogP contribution in [0.1, 0.15) is 6.42 Å². The topological polar surface area (TPSA) is 119 Å². The number of hydrogen-bond donors (Lipinski definition) is 1. The molecule has 2 rings (SSSR count). The molecule has 1 heterocycles. The van der Waals surface area contributed by atoms with Crippen LogP contribution in [0.2, 0.25) is 0 Å². The zero-order valence-electron chi connectivity index (χ0n) is 9.02. The molecule has 90 valence electrons. The summed E-state index contributed by atoms with van der Waals surface area (Å²) < 4.78 is 0. The Hall–Kier alpha value is -2.86. The second kappa shape index (κ2) is 4.56. The first-order valence-electron chi connectivity index (χ1n) is 4.90. The molecule has 1 amide bonds. The van der Waals surface area contributed by atoms with E-state index in [-0.39, 0.29) is 12.1 Å². The maximum absolute atomic E-state index is 11.6. The third-order valence-corrected chi connectivity index (χ3v) is 2.26. The Balaban J connectivity index is 2.37. The van der Waals surface area contributed by atoms with Crippen molar-refractivity contribution in [3.63, 3.8) is 0 Å². The highest BCUT2D eigenvalue weighted by Crippen LogP contribution is 2.25. The highest BCUT2D eigenvalue weighted by Gasteiger charge is 2.29. The number of hydrazone groups is 1. The number of aliphatic carboxylic acids is 1. The number of anilines is 1. The van der Waals surface area contributed by atoms with Crippen LogP contribution in [0.5, 0.6) is 0 Å². The number of amides is 1. The number of rotatable bonds is 3. The number of carbonyl (C=O) groups is 2. The smallest absolute Gasteiger partial charge is 0.352 e. The molecule has 0 atom stereocenters. The van der Waals surface area contributed by atoms with Gasteiger partial charge < -0.3 is 5.11 Å². The van der Waals surface area contributed by atoms with Crippen molar-refractivity contribution in [2.75, 3.05) is 5.01 Å². The molecule has 0 saturated heterocycles. The number of carboxylic acids is 1. The first-order chi connectivity index (χ1) is 8.61. The van der Waals surface area contributed by atoms with Crippen molar-refractivity contribution < 1.29 is 14.7 Å². The first kappa shape index (κ1) is 11.6. The van der Waals surface area contributed by atoms with Gasteiger partial charge >= 0.3 is 5.97 Å². The molecule has 1 aromatic rings. The van der Waals surface area contributed by atoms with E-state index in [0.717, 1.165) is 5.01 Å². The van der Waals surface area contributed by atoms with Crippen LogP contribution in [0.3, 0.4) is 0 Å². The van der Waals surface area contributed by atoms with Crippen LogP contribution in [-0.4, -0.2) is 22.7 Å². The second-order valence-electron chi connectivity index (χ2n) is 3.44. The highest BCUT2D eigenvalue weighted by molar-refractivity contribution is 6.42. The van der Waals surface area contributed by atoms with Crippen molar-refractivity contribution in [3.8, 4) is 0 Å².